The molecule has 3 N–H and O–H groups in total. The van der Waals surface area contributed by atoms with E-state index in [4.69, 9.17) is 26.8 Å². The van der Waals surface area contributed by atoms with Crippen LogP contribution in [0.4, 0.5) is 0 Å². The molecule has 0 atom stereocenters. The molecule has 3 rings (SSSR count). The van der Waals surface area contributed by atoms with Crippen molar-refractivity contribution in [1.29, 1.82) is 0 Å². The first-order valence-electron chi connectivity index (χ1n) is 9.15. The number of ether oxygens (including phenoxy) is 2. The first-order valence-corrected chi connectivity index (χ1v) is 9.53. The van der Waals surface area contributed by atoms with Crippen molar-refractivity contribution in [2.24, 2.45) is 11.1 Å². The number of carbonyl (C=O) groups is 1. The van der Waals surface area contributed by atoms with Gasteiger partial charge in [-0.2, -0.15) is 0 Å². The van der Waals surface area contributed by atoms with E-state index >= 15 is 0 Å². The van der Waals surface area contributed by atoms with Gasteiger partial charge in [0.15, 0.2) is 0 Å². The third-order valence-corrected chi connectivity index (χ3v) is 5.41. The number of nitrogens with one attached hydrogen (secondary N) is 1. The number of hydrogen-bond donors (Lipinski definition) is 2. The highest BCUT2D eigenvalue weighted by Gasteiger charge is 2.38. The number of halogens is 1. The van der Waals surface area contributed by atoms with E-state index in [9.17, 15) is 4.79 Å². The van der Waals surface area contributed by atoms with Crippen LogP contribution in [0, 0.1) is 5.41 Å². The Kier molecular flexibility index (Phi) is 6.72. The van der Waals surface area contributed by atoms with Crippen LogP contribution in [0.5, 0.6) is 5.75 Å². The lowest BCUT2D eigenvalue weighted by Crippen LogP contribution is -2.49. The molecule has 0 aromatic heterocycles. The molecule has 0 bridgehead atoms. The predicted octanol–water partition coefficient (Wildman–Crippen LogP) is 3.29. The van der Waals surface area contributed by atoms with E-state index in [1.54, 1.807) is 6.07 Å². The molecule has 0 unspecified atom stereocenters. The van der Waals surface area contributed by atoms with Crippen molar-refractivity contribution in [3.63, 3.8) is 0 Å². The molecule has 0 aliphatic carbocycles. The lowest BCUT2D eigenvalue weighted by atomic mass is 9.79. The van der Waals surface area contributed by atoms with Crippen molar-refractivity contribution in [3.8, 4) is 5.75 Å². The SMILES string of the molecule is NCC1(C(=O)NCc2ccccc2COc2ccccc2Cl)CCOCC1. The summed E-state index contributed by atoms with van der Waals surface area (Å²) in [5.41, 5.74) is 7.41. The fourth-order valence-corrected chi connectivity index (χ4v) is 3.43. The minimum Gasteiger partial charge on any atom is -0.487 e. The van der Waals surface area contributed by atoms with Gasteiger partial charge in [-0.05, 0) is 36.1 Å². The largest absolute Gasteiger partial charge is 0.487 e. The van der Waals surface area contributed by atoms with Gasteiger partial charge < -0.3 is 20.5 Å². The molecular weight excluding hydrogens is 364 g/mol. The molecule has 1 heterocycles. The summed E-state index contributed by atoms with van der Waals surface area (Å²) in [7, 11) is 0. The maximum atomic E-state index is 12.8. The minimum absolute atomic E-state index is 0.00451. The van der Waals surface area contributed by atoms with Crippen molar-refractivity contribution in [1.82, 2.24) is 5.32 Å². The van der Waals surface area contributed by atoms with E-state index in [2.05, 4.69) is 5.32 Å². The fourth-order valence-electron chi connectivity index (χ4n) is 3.24. The van der Waals surface area contributed by atoms with Crippen molar-refractivity contribution in [2.45, 2.75) is 26.0 Å². The van der Waals surface area contributed by atoms with Crippen LogP contribution < -0.4 is 15.8 Å². The first kappa shape index (κ1) is 19.7. The molecule has 1 aliphatic heterocycles. The van der Waals surface area contributed by atoms with Gasteiger partial charge in [-0.1, -0.05) is 48.0 Å². The maximum absolute atomic E-state index is 12.8. The van der Waals surface area contributed by atoms with Crippen LogP contribution in [0.15, 0.2) is 48.5 Å². The van der Waals surface area contributed by atoms with E-state index in [0.717, 1.165) is 11.1 Å². The third kappa shape index (κ3) is 4.80. The van der Waals surface area contributed by atoms with Gasteiger partial charge in [0.25, 0.3) is 0 Å². The number of amides is 1. The predicted molar refractivity (Wildman–Crippen MR) is 106 cm³/mol. The normalized spacial score (nSPS) is 15.9. The number of benzene rings is 2. The lowest BCUT2D eigenvalue weighted by Gasteiger charge is -2.34. The van der Waals surface area contributed by atoms with Crippen LogP contribution in [0.3, 0.4) is 0 Å². The summed E-state index contributed by atoms with van der Waals surface area (Å²) in [5.74, 6) is 0.637. The van der Waals surface area contributed by atoms with Crippen molar-refractivity contribution < 1.29 is 14.3 Å². The van der Waals surface area contributed by atoms with Gasteiger partial charge >= 0.3 is 0 Å². The molecule has 1 aliphatic rings. The Morgan fingerprint density at radius 3 is 2.48 bits per heavy atom. The molecule has 5 nitrogen and oxygen atoms in total. The Hall–Kier alpha value is -2.08. The zero-order valence-electron chi connectivity index (χ0n) is 15.2. The number of carbonyl (C=O) groups excluding carboxylic acids is 1. The van der Waals surface area contributed by atoms with E-state index in [0.29, 0.717) is 56.5 Å². The fraction of sp³-hybridized carbons (Fsp3) is 0.381. The molecule has 1 amide bonds. The second-order valence-corrected chi connectivity index (χ2v) is 7.17. The van der Waals surface area contributed by atoms with Crippen molar-refractivity contribution >= 4 is 17.5 Å². The van der Waals surface area contributed by atoms with Crippen LogP contribution in [0.1, 0.15) is 24.0 Å². The Labute approximate surface area is 164 Å². The molecule has 1 saturated heterocycles. The summed E-state index contributed by atoms with van der Waals surface area (Å²) >= 11 is 6.15. The Bertz CT molecular complexity index is 776. The standard InChI is InChI=1S/C21H25ClN2O3/c22-18-7-3-4-8-19(18)27-14-17-6-2-1-5-16(17)13-24-20(25)21(15-23)9-11-26-12-10-21/h1-8H,9-15,23H2,(H,24,25). The second kappa shape index (κ2) is 9.22. The highest BCUT2D eigenvalue weighted by Crippen LogP contribution is 2.30. The number of hydrogen-bond acceptors (Lipinski definition) is 4. The zero-order chi connectivity index (χ0) is 19.1. The Morgan fingerprint density at radius 2 is 1.78 bits per heavy atom. The number of nitrogens with two attached hydrogens (primary N) is 1. The Morgan fingerprint density at radius 1 is 1.11 bits per heavy atom. The highest BCUT2D eigenvalue weighted by atomic mass is 35.5. The molecular formula is C21H25ClN2O3. The summed E-state index contributed by atoms with van der Waals surface area (Å²) in [5, 5.41) is 3.63. The monoisotopic (exact) mass is 388 g/mol. The summed E-state index contributed by atoms with van der Waals surface area (Å²) < 4.78 is 11.2. The molecule has 2 aromatic carbocycles. The van der Waals surface area contributed by atoms with Gasteiger partial charge in [-0.15, -0.1) is 0 Å². The molecule has 2 aromatic rings. The molecule has 1 fully saturated rings. The molecule has 144 valence electrons. The van der Waals surface area contributed by atoms with Gasteiger partial charge in [0.1, 0.15) is 12.4 Å². The molecule has 0 radical (unpaired) electrons. The van der Waals surface area contributed by atoms with E-state index in [-0.39, 0.29) is 5.91 Å². The molecule has 0 spiro atoms. The number of rotatable bonds is 7. The van der Waals surface area contributed by atoms with Crippen LogP contribution in [-0.2, 0) is 22.7 Å². The maximum Gasteiger partial charge on any atom is 0.227 e. The quantitative estimate of drug-likeness (QED) is 0.763. The van der Waals surface area contributed by atoms with Crippen LogP contribution in [0.25, 0.3) is 0 Å². The van der Waals surface area contributed by atoms with Crippen LogP contribution >= 0.6 is 11.6 Å². The van der Waals surface area contributed by atoms with E-state index in [1.165, 1.54) is 0 Å². The first-order chi connectivity index (χ1) is 13.1. The number of para-hydroxylation sites is 1. The summed E-state index contributed by atoms with van der Waals surface area (Å²) in [6.07, 6.45) is 1.32. The molecule has 0 saturated carbocycles. The van der Waals surface area contributed by atoms with Crippen LogP contribution in [0.2, 0.25) is 5.02 Å². The summed E-state index contributed by atoms with van der Waals surface area (Å²) in [6.45, 7) is 2.30. The van der Waals surface area contributed by atoms with E-state index in [1.807, 2.05) is 42.5 Å². The van der Waals surface area contributed by atoms with Crippen molar-refractivity contribution in [3.05, 3.63) is 64.7 Å². The topological polar surface area (TPSA) is 73.6 Å². The van der Waals surface area contributed by atoms with Gasteiger partial charge in [0.05, 0.1) is 10.4 Å². The summed E-state index contributed by atoms with van der Waals surface area (Å²) in [4.78, 5) is 12.8. The van der Waals surface area contributed by atoms with Gasteiger partial charge in [-0.25, -0.2) is 0 Å². The average molecular weight is 389 g/mol. The average Bonchev–Trinajstić information content (AvgIpc) is 2.72. The van der Waals surface area contributed by atoms with Gasteiger partial charge in [0, 0.05) is 26.3 Å². The highest BCUT2D eigenvalue weighted by molar-refractivity contribution is 6.32. The minimum atomic E-state index is -0.527. The zero-order valence-corrected chi connectivity index (χ0v) is 16.0. The van der Waals surface area contributed by atoms with Gasteiger partial charge in [-0.3, -0.25) is 4.79 Å². The Balaban J connectivity index is 1.64. The van der Waals surface area contributed by atoms with E-state index < -0.39 is 5.41 Å². The lowest BCUT2D eigenvalue weighted by molar-refractivity contribution is -0.136. The van der Waals surface area contributed by atoms with Gasteiger partial charge in [0.2, 0.25) is 5.91 Å². The molecule has 6 heteroatoms. The van der Waals surface area contributed by atoms with Crippen LogP contribution in [-0.4, -0.2) is 25.7 Å². The summed E-state index contributed by atoms with van der Waals surface area (Å²) in [6, 6.07) is 15.3. The smallest absolute Gasteiger partial charge is 0.227 e. The molecule has 27 heavy (non-hydrogen) atoms. The van der Waals surface area contributed by atoms with Crippen molar-refractivity contribution in [2.75, 3.05) is 19.8 Å². The third-order valence-electron chi connectivity index (χ3n) is 5.10. The second-order valence-electron chi connectivity index (χ2n) is 6.77.